The number of nitrogens with zero attached hydrogens (tertiary/aromatic N) is 6. The van der Waals surface area contributed by atoms with Gasteiger partial charge in [0.25, 0.3) is 0 Å². The molecule has 3 heterocycles. The summed E-state index contributed by atoms with van der Waals surface area (Å²) in [6, 6.07) is 21.4. The van der Waals surface area contributed by atoms with Crippen molar-refractivity contribution >= 4 is 23.3 Å². The van der Waals surface area contributed by atoms with Crippen molar-refractivity contribution in [3.63, 3.8) is 0 Å². The Labute approximate surface area is 202 Å². The van der Waals surface area contributed by atoms with Crippen molar-refractivity contribution in [3.05, 3.63) is 101 Å². The first-order chi connectivity index (χ1) is 16.6. The van der Waals surface area contributed by atoms with E-state index in [1.54, 1.807) is 23.3 Å². The Hall–Kier alpha value is -3.78. The normalized spacial score (nSPS) is 15.1. The molecule has 1 aliphatic rings. The van der Waals surface area contributed by atoms with Crippen molar-refractivity contribution in [1.82, 2.24) is 30.1 Å². The molecule has 0 aliphatic carbocycles. The van der Waals surface area contributed by atoms with E-state index in [2.05, 4.69) is 32.7 Å². The lowest BCUT2D eigenvalue weighted by Gasteiger charge is -2.40. The van der Waals surface area contributed by atoms with E-state index in [-0.39, 0.29) is 6.03 Å². The molecule has 1 fully saturated rings. The van der Waals surface area contributed by atoms with E-state index in [0.717, 1.165) is 11.1 Å². The minimum atomic E-state index is -0.412. The van der Waals surface area contributed by atoms with Crippen molar-refractivity contribution in [3.8, 4) is 0 Å². The third kappa shape index (κ3) is 4.63. The van der Waals surface area contributed by atoms with Crippen molar-refractivity contribution in [1.29, 1.82) is 0 Å². The zero-order valence-electron chi connectivity index (χ0n) is 18.5. The first kappa shape index (κ1) is 22.0. The highest BCUT2D eigenvalue weighted by Gasteiger charge is 2.42. The number of nitrogens with one attached hydrogen (secondary N) is 1. The van der Waals surface area contributed by atoms with Gasteiger partial charge in [0, 0.05) is 24.3 Å². The fourth-order valence-corrected chi connectivity index (χ4v) is 4.51. The number of tetrazole rings is 1. The summed E-state index contributed by atoms with van der Waals surface area (Å²) in [5.74, 6) is 0.681. The Bertz CT molecular complexity index is 1240. The first-order valence-corrected chi connectivity index (χ1v) is 11.5. The number of amides is 2. The summed E-state index contributed by atoms with van der Waals surface area (Å²) < 4.78 is 0. The molecular weight excluding hydrogens is 450 g/mol. The number of halogens is 1. The number of hydrogen-bond donors (Lipinski definition) is 1. The highest BCUT2D eigenvalue weighted by molar-refractivity contribution is 6.30. The number of rotatable bonds is 5. The molecule has 9 heteroatoms. The summed E-state index contributed by atoms with van der Waals surface area (Å²) in [6.45, 7) is 1.66. The number of urea groups is 1. The molecule has 0 saturated carbocycles. The van der Waals surface area contributed by atoms with E-state index < -0.39 is 5.41 Å². The number of likely N-dealkylation sites (tertiary alicyclic amines) is 1. The molecule has 1 saturated heterocycles. The van der Waals surface area contributed by atoms with Crippen LogP contribution in [0.2, 0.25) is 5.02 Å². The van der Waals surface area contributed by atoms with Crippen LogP contribution < -0.4 is 5.32 Å². The minimum Gasteiger partial charge on any atom is -0.324 e. The quantitative estimate of drug-likeness (QED) is 0.464. The fourth-order valence-electron chi connectivity index (χ4n) is 4.38. The molecule has 0 radical (unpaired) electrons. The van der Waals surface area contributed by atoms with Crippen LogP contribution in [0.4, 0.5) is 10.5 Å². The van der Waals surface area contributed by atoms with Gasteiger partial charge in [-0.2, -0.15) is 4.80 Å². The molecule has 172 valence electrons. The molecule has 34 heavy (non-hydrogen) atoms. The van der Waals surface area contributed by atoms with Crippen LogP contribution in [-0.2, 0) is 12.0 Å². The number of carbonyl (C=O) groups is 1. The summed E-state index contributed by atoms with van der Waals surface area (Å²) in [4.78, 5) is 20.3. The second kappa shape index (κ2) is 9.61. The molecule has 2 aromatic heterocycles. The summed E-state index contributed by atoms with van der Waals surface area (Å²) in [7, 11) is 0. The predicted molar refractivity (Wildman–Crippen MR) is 130 cm³/mol. The highest BCUT2D eigenvalue weighted by atomic mass is 35.5. The molecule has 2 amide bonds. The SMILES string of the molecule is O=C(Nc1cccnc1)N1CCC(c2ccccc2)(c2nnn(Cc3ccc(Cl)cc3)n2)CC1. The minimum absolute atomic E-state index is 0.131. The maximum absolute atomic E-state index is 12.8. The Balaban J connectivity index is 1.36. The zero-order chi connectivity index (χ0) is 23.4. The van der Waals surface area contributed by atoms with Gasteiger partial charge >= 0.3 is 6.03 Å². The second-order valence-electron chi connectivity index (χ2n) is 8.38. The second-order valence-corrected chi connectivity index (χ2v) is 8.81. The molecule has 0 spiro atoms. The first-order valence-electron chi connectivity index (χ1n) is 11.2. The largest absolute Gasteiger partial charge is 0.324 e. The van der Waals surface area contributed by atoms with Crippen LogP contribution in [0.5, 0.6) is 0 Å². The van der Waals surface area contributed by atoms with Crippen LogP contribution in [0.3, 0.4) is 0 Å². The van der Waals surface area contributed by atoms with Gasteiger partial charge in [-0.05, 0) is 53.4 Å². The van der Waals surface area contributed by atoms with Gasteiger partial charge in [-0.1, -0.05) is 54.1 Å². The lowest BCUT2D eigenvalue weighted by atomic mass is 9.72. The van der Waals surface area contributed by atoms with Crippen LogP contribution in [0.25, 0.3) is 0 Å². The number of aromatic nitrogens is 5. The van der Waals surface area contributed by atoms with Crippen molar-refractivity contribution in [2.45, 2.75) is 24.8 Å². The lowest BCUT2D eigenvalue weighted by molar-refractivity contribution is 0.177. The Morgan fingerprint density at radius 1 is 1.00 bits per heavy atom. The van der Waals surface area contributed by atoms with Gasteiger partial charge in [0.1, 0.15) is 0 Å². The van der Waals surface area contributed by atoms with Crippen LogP contribution in [0.15, 0.2) is 79.1 Å². The number of pyridine rings is 1. The van der Waals surface area contributed by atoms with Crippen molar-refractivity contribution in [2.24, 2.45) is 0 Å². The smallest absolute Gasteiger partial charge is 0.321 e. The molecule has 2 aromatic carbocycles. The number of benzene rings is 2. The van der Waals surface area contributed by atoms with Crippen molar-refractivity contribution in [2.75, 3.05) is 18.4 Å². The van der Waals surface area contributed by atoms with Gasteiger partial charge in [0.05, 0.1) is 23.8 Å². The lowest BCUT2D eigenvalue weighted by Crippen LogP contribution is -2.47. The number of carbonyl (C=O) groups excluding carboxylic acids is 1. The summed E-state index contributed by atoms with van der Waals surface area (Å²) in [5.41, 5.74) is 2.45. The molecule has 5 rings (SSSR count). The average Bonchev–Trinajstić information content (AvgIpc) is 3.36. The molecule has 8 nitrogen and oxygen atoms in total. The standard InChI is InChI=1S/C25H24ClN7O/c26-21-10-8-19(9-11-21)18-33-30-23(29-31-33)25(20-5-2-1-3-6-20)12-15-32(16-13-25)24(34)28-22-7-4-14-27-17-22/h1-11,14,17H,12-13,15-16,18H2,(H,28,34). The van der Waals surface area contributed by atoms with E-state index in [0.29, 0.717) is 49.0 Å². The van der Waals surface area contributed by atoms with E-state index >= 15 is 0 Å². The maximum Gasteiger partial charge on any atom is 0.321 e. The topological polar surface area (TPSA) is 88.8 Å². The molecule has 0 unspecified atom stereocenters. The number of hydrogen-bond acceptors (Lipinski definition) is 5. The van der Waals surface area contributed by atoms with E-state index in [1.807, 2.05) is 53.4 Å². The number of piperidine rings is 1. The third-order valence-corrected chi connectivity index (χ3v) is 6.51. The van der Waals surface area contributed by atoms with Gasteiger partial charge in [-0.15, -0.1) is 10.2 Å². The van der Waals surface area contributed by atoms with Crippen LogP contribution >= 0.6 is 11.6 Å². The highest BCUT2D eigenvalue weighted by Crippen LogP contribution is 2.40. The van der Waals surface area contributed by atoms with Crippen LogP contribution in [-0.4, -0.2) is 49.2 Å². The van der Waals surface area contributed by atoms with E-state index in [4.69, 9.17) is 16.7 Å². The van der Waals surface area contributed by atoms with Gasteiger partial charge in [-0.25, -0.2) is 4.79 Å². The molecule has 4 aromatic rings. The van der Waals surface area contributed by atoms with Gasteiger partial charge in [-0.3, -0.25) is 4.98 Å². The van der Waals surface area contributed by atoms with Gasteiger partial charge < -0.3 is 10.2 Å². The molecule has 0 atom stereocenters. The number of anilines is 1. The maximum atomic E-state index is 12.8. The molecule has 1 aliphatic heterocycles. The van der Waals surface area contributed by atoms with Crippen LogP contribution in [0.1, 0.15) is 29.8 Å². The average molecular weight is 474 g/mol. The van der Waals surface area contributed by atoms with Crippen molar-refractivity contribution < 1.29 is 4.79 Å². The predicted octanol–water partition coefficient (Wildman–Crippen LogP) is 4.38. The monoisotopic (exact) mass is 473 g/mol. The zero-order valence-corrected chi connectivity index (χ0v) is 19.3. The summed E-state index contributed by atoms with van der Waals surface area (Å²) in [6.07, 6.45) is 4.71. The Morgan fingerprint density at radius 3 is 2.47 bits per heavy atom. The van der Waals surface area contributed by atoms with E-state index in [1.165, 1.54) is 0 Å². The molecular formula is C25H24ClN7O. The van der Waals surface area contributed by atoms with Gasteiger partial charge in [0.15, 0.2) is 5.82 Å². The molecule has 1 N–H and O–H groups in total. The third-order valence-electron chi connectivity index (χ3n) is 6.26. The summed E-state index contributed by atoms with van der Waals surface area (Å²) in [5, 5.41) is 17.2. The fraction of sp³-hybridized carbons (Fsp3) is 0.240. The van der Waals surface area contributed by atoms with Gasteiger partial charge in [0.2, 0.25) is 0 Å². The Morgan fingerprint density at radius 2 is 1.76 bits per heavy atom. The Kier molecular flexibility index (Phi) is 6.22. The molecule has 0 bridgehead atoms. The summed E-state index contributed by atoms with van der Waals surface area (Å²) >= 11 is 6.00. The van der Waals surface area contributed by atoms with Crippen LogP contribution in [0, 0.1) is 0 Å². The van der Waals surface area contributed by atoms with E-state index in [9.17, 15) is 4.79 Å².